The fourth-order valence-corrected chi connectivity index (χ4v) is 7.94. The Morgan fingerprint density at radius 1 is 1.10 bits per heavy atom. The Balaban J connectivity index is 1.63. The summed E-state index contributed by atoms with van der Waals surface area (Å²) < 4.78 is 0. The lowest BCUT2D eigenvalue weighted by Crippen LogP contribution is -2.60. The Labute approximate surface area is 173 Å². The molecule has 0 unspecified atom stereocenters. The van der Waals surface area contributed by atoms with Crippen molar-refractivity contribution in [2.24, 2.45) is 46.3 Å². The van der Waals surface area contributed by atoms with Crippen molar-refractivity contribution in [1.29, 1.82) is 0 Å². The second kappa shape index (κ2) is 7.02. The molecule has 0 aromatic carbocycles. The van der Waals surface area contributed by atoms with Gasteiger partial charge in [0.2, 0.25) is 0 Å². The van der Waals surface area contributed by atoms with Crippen LogP contribution in [0.25, 0.3) is 0 Å². The number of carboxylic acid groups (broad SMARTS) is 1. The quantitative estimate of drug-likeness (QED) is 0.766. The van der Waals surface area contributed by atoms with Gasteiger partial charge in [-0.05, 0) is 60.7 Å². The van der Waals surface area contributed by atoms with Crippen molar-refractivity contribution < 1.29 is 24.3 Å². The van der Waals surface area contributed by atoms with Crippen molar-refractivity contribution in [2.45, 2.75) is 78.6 Å². The summed E-state index contributed by atoms with van der Waals surface area (Å²) in [5, 5.41) is 9.06. The van der Waals surface area contributed by atoms with Gasteiger partial charge in [0.25, 0.3) is 0 Å². The minimum Gasteiger partial charge on any atom is -0.481 e. The topological polar surface area (TPSA) is 88.5 Å². The molecule has 0 heterocycles. The number of rotatable bonds is 4. The third-order valence-corrected chi connectivity index (χ3v) is 9.72. The van der Waals surface area contributed by atoms with E-state index in [1.165, 1.54) is 0 Å². The largest absolute Gasteiger partial charge is 0.481 e. The van der Waals surface area contributed by atoms with Gasteiger partial charge in [-0.1, -0.05) is 20.8 Å². The molecule has 4 saturated carbocycles. The summed E-state index contributed by atoms with van der Waals surface area (Å²) in [6.45, 7) is 6.37. The van der Waals surface area contributed by atoms with Crippen molar-refractivity contribution in [1.82, 2.24) is 0 Å². The number of carbonyl (C=O) groups excluding carboxylic acids is 3. The third kappa shape index (κ3) is 3.02. The minimum absolute atomic E-state index is 0.0659. The maximum Gasteiger partial charge on any atom is 0.303 e. The molecule has 0 aromatic rings. The molecule has 0 aromatic heterocycles. The molecular formula is C24H34O5. The van der Waals surface area contributed by atoms with Crippen LogP contribution in [0.5, 0.6) is 0 Å². The van der Waals surface area contributed by atoms with Crippen molar-refractivity contribution in [2.75, 3.05) is 0 Å². The molecule has 0 saturated heterocycles. The summed E-state index contributed by atoms with van der Waals surface area (Å²) in [6.07, 6.45) is 5.33. The standard InChI is InChI=1S/C24H34O5/c1-13(4-7-21(28)29)16-5-6-17-22-18(12-20(27)24(16,17)3)23(2)9-8-15(25)10-14(23)11-19(22)26/h13-14,16-18,22H,4-12H2,1-3H3,(H,28,29)/t13-,14+,16-,17+,18+,22+,23-,24-/m0/s1. The van der Waals surface area contributed by atoms with Crippen molar-refractivity contribution in [3.05, 3.63) is 0 Å². The zero-order valence-electron chi connectivity index (χ0n) is 17.9. The van der Waals surface area contributed by atoms with Crippen LogP contribution in [0.1, 0.15) is 78.6 Å². The fourth-order valence-electron chi connectivity index (χ4n) is 7.94. The summed E-state index contributed by atoms with van der Waals surface area (Å²) in [4.78, 5) is 50.0. The van der Waals surface area contributed by atoms with Gasteiger partial charge in [0.05, 0.1) is 0 Å². The van der Waals surface area contributed by atoms with Crippen molar-refractivity contribution >= 4 is 23.3 Å². The summed E-state index contributed by atoms with van der Waals surface area (Å²) >= 11 is 0. The molecule has 5 heteroatoms. The number of aliphatic carboxylic acids is 1. The van der Waals surface area contributed by atoms with E-state index in [2.05, 4.69) is 20.8 Å². The van der Waals surface area contributed by atoms with Crippen LogP contribution in [0.3, 0.4) is 0 Å². The highest BCUT2D eigenvalue weighted by Crippen LogP contribution is 2.66. The molecule has 0 aliphatic heterocycles. The molecule has 5 nitrogen and oxygen atoms in total. The highest BCUT2D eigenvalue weighted by molar-refractivity contribution is 5.93. The summed E-state index contributed by atoms with van der Waals surface area (Å²) in [7, 11) is 0. The average Bonchev–Trinajstić information content (AvgIpc) is 3.01. The van der Waals surface area contributed by atoms with Crippen LogP contribution in [0, 0.1) is 46.3 Å². The van der Waals surface area contributed by atoms with E-state index in [1.54, 1.807) is 0 Å². The van der Waals surface area contributed by atoms with Gasteiger partial charge in [0.1, 0.15) is 17.3 Å². The molecule has 0 radical (unpaired) electrons. The Bertz CT molecular complexity index is 756. The van der Waals surface area contributed by atoms with Gasteiger partial charge in [-0.15, -0.1) is 0 Å². The van der Waals surface area contributed by atoms with Crippen LogP contribution in [0.4, 0.5) is 0 Å². The Kier molecular flexibility index (Phi) is 5.02. The maximum atomic E-state index is 13.6. The summed E-state index contributed by atoms with van der Waals surface area (Å²) in [5.41, 5.74) is -0.598. The normalized spacial score (nSPS) is 45.3. The molecule has 4 aliphatic rings. The molecule has 160 valence electrons. The second-order valence-corrected chi connectivity index (χ2v) is 10.9. The van der Waals surface area contributed by atoms with Crippen molar-refractivity contribution in [3.8, 4) is 0 Å². The number of carbonyl (C=O) groups is 4. The predicted octanol–water partition coefficient (Wildman–Crippen LogP) is 4.07. The average molecular weight is 403 g/mol. The molecule has 4 rings (SSSR count). The number of Topliss-reactive ketones (excluding diaryl/α,β-unsaturated/α-hetero) is 3. The molecular weight excluding hydrogens is 368 g/mol. The van der Waals surface area contributed by atoms with E-state index < -0.39 is 11.4 Å². The van der Waals surface area contributed by atoms with E-state index in [9.17, 15) is 19.2 Å². The second-order valence-electron chi connectivity index (χ2n) is 10.9. The van der Waals surface area contributed by atoms with Crippen LogP contribution in [-0.4, -0.2) is 28.4 Å². The van der Waals surface area contributed by atoms with E-state index >= 15 is 0 Å². The van der Waals surface area contributed by atoms with Crippen molar-refractivity contribution in [3.63, 3.8) is 0 Å². The van der Waals surface area contributed by atoms with Crippen LogP contribution in [-0.2, 0) is 19.2 Å². The lowest BCUT2D eigenvalue weighted by atomic mass is 9.44. The van der Waals surface area contributed by atoms with E-state index in [0.717, 1.165) is 19.3 Å². The van der Waals surface area contributed by atoms with Gasteiger partial charge >= 0.3 is 5.97 Å². The Morgan fingerprint density at radius 2 is 1.83 bits per heavy atom. The molecule has 4 fully saturated rings. The number of hydrogen-bond donors (Lipinski definition) is 1. The van der Waals surface area contributed by atoms with Crippen LogP contribution in [0.15, 0.2) is 0 Å². The van der Waals surface area contributed by atoms with E-state index in [-0.39, 0.29) is 64.7 Å². The van der Waals surface area contributed by atoms with E-state index in [0.29, 0.717) is 32.1 Å². The van der Waals surface area contributed by atoms with Crippen LogP contribution < -0.4 is 0 Å². The SMILES string of the molecule is C[C@@H](CCC(=O)O)[C@@H]1CC[C@@H]2[C@H]3C(=O)C[C@H]4CC(=O)CC[C@]4(C)[C@@H]3CC(=O)[C@]21C. The van der Waals surface area contributed by atoms with Gasteiger partial charge in [-0.3, -0.25) is 19.2 Å². The fraction of sp³-hybridized carbons (Fsp3) is 0.833. The Hall–Kier alpha value is -1.52. The monoisotopic (exact) mass is 402 g/mol. The van der Waals surface area contributed by atoms with E-state index in [1.807, 2.05) is 0 Å². The van der Waals surface area contributed by atoms with Gasteiger partial charge in [-0.2, -0.15) is 0 Å². The molecule has 0 spiro atoms. The van der Waals surface area contributed by atoms with E-state index in [4.69, 9.17) is 5.11 Å². The molecule has 4 aliphatic carbocycles. The molecule has 8 atom stereocenters. The first-order chi connectivity index (χ1) is 13.6. The first-order valence-electron chi connectivity index (χ1n) is 11.4. The molecule has 29 heavy (non-hydrogen) atoms. The zero-order chi connectivity index (χ0) is 21.1. The lowest BCUT2D eigenvalue weighted by molar-refractivity contribution is -0.166. The minimum atomic E-state index is -0.792. The third-order valence-electron chi connectivity index (χ3n) is 9.72. The Morgan fingerprint density at radius 3 is 2.52 bits per heavy atom. The summed E-state index contributed by atoms with van der Waals surface area (Å²) in [5.74, 6) is 0.524. The smallest absolute Gasteiger partial charge is 0.303 e. The zero-order valence-corrected chi connectivity index (χ0v) is 17.9. The number of hydrogen-bond acceptors (Lipinski definition) is 4. The number of ketones is 3. The maximum absolute atomic E-state index is 13.6. The number of carboxylic acids is 1. The van der Waals surface area contributed by atoms with Gasteiger partial charge in [0, 0.05) is 43.4 Å². The lowest BCUT2D eigenvalue weighted by Gasteiger charge is -2.58. The van der Waals surface area contributed by atoms with Crippen LogP contribution in [0.2, 0.25) is 0 Å². The molecule has 0 amide bonds. The number of fused-ring (bicyclic) bond motifs is 5. The van der Waals surface area contributed by atoms with Gasteiger partial charge in [0.15, 0.2) is 0 Å². The first-order valence-corrected chi connectivity index (χ1v) is 11.4. The molecule has 1 N–H and O–H groups in total. The highest BCUT2D eigenvalue weighted by atomic mass is 16.4. The highest BCUT2D eigenvalue weighted by Gasteiger charge is 2.66. The predicted molar refractivity (Wildman–Crippen MR) is 107 cm³/mol. The summed E-state index contributed by atoms with van der Waals surface area (Å²) in [6, 6.07) is 0. The first kappa shape index (κ1) is 20.7. The van der Waals surface area contributed by atoms with Gasteiger partial charge in [-0.25, -0.2) is 0 Å². The van der Waals surface area contributed by atoms with Crippen LogP contribution >= 0.6 is 0 Å². The molecule has 0 bridgehead atoms. The van der Waals surface area contributed by atoms with Gasteiger partial charge < -0.3 is 5.11 Å².